The fourth-order valence-electron chi connectivity index (χ4n) is 11.7. The monoisotopic (exact) mass is 1160 g/mol. The van der Waals surface area contributed by atoms with Crippen molar-refractivity contribution < 1.29 is 64.6 Å². The Morgan fingerprint density at radius 1 is 0.432 bits per heavy atom. The Bertz CT molecular complexity index is 1410. The Labute approximate surface area is 495 Å². The first-order valence-electron chi connectivity index (χ1n) is 34.4. The second kappa shape index (κ2) is 53.0. The summed E-state index contributed by atoms with van der Waals surface area (Å²) in [6.07, 6.45) is 46.9. The molecular formula is C67H129NO13. The summed E-state index contributed by atoms with van der Waals surface area (Å²) in [6.45, 7) is 2.86. The Kier molecular flexibility index (Phi) is 49.6. The number of hydrogen-bond donors (Lipinski definition) is 9. The van der Waals surface area contributed by atoms with E-state index in [0.717, 1.165) is 38.5 Å². The van der Waals surface area contributed by atoms with Crippen molar-refractivity contribution in [2.24, 2.45) is 0 Å². The molecule has 12 unspecified atom stereocenters. The molecule has 2 aliphatic heterocycles. The molecule has 0 aromatic heterocycles. The molecule has 0 spiro atoms. The Morgan fingerprint density at radius 3 is 1.14 bits per heavy atom. The van der Waals surface area contributed by atoms with Crippen molar-refractivity contribution in [1.82, 2.24) is 5.32 Å². The van der Waals surface area contributed by atoms with E-state index >= 15 is 0 Å². The zero-order chi connectivity index (χ0) is 58.8. The molecule has 480 valence electrons. The van der Waals surface area contributed by atoms with Crippen LogP contribution in [0.4, 0.5) is 0 Å². The summed E-state index contributed by atoms with van der Waals surface area (Å²) in [5, 5.41) is 87.4. The Morgan fingerprint density at radius 2 is 0.765 bits per heavy atom. The molecule has 2 aliphatic rings. The Hall–Kier alpha value is -1.27. The maximum atomic E-state index is 13.3. The lowest BCUT2D eigenvalue weighted by Crippen LogP contribution is -2.65. The molecule has 0 aromatic carbocycles. The highest BCUT2D eigenvalue weighted by molar-refractivity contribution is 5.76. The molecule has 0 aliphatic carbocycles. The van der Waals surface area contributed by atoms with Gasteiger partial charge in [-0.15, -0.1) is 0 Å². The van der Waals surface area contributed by atoms with Crippen LogP contribution in [-0.4, -0.2) is 140 Å². The van der Waals surface area contributed by atoms with Crippen LogP contribution in [0.2, 0.25) is 0 Å². The minimum atomic E-state index is -1.79. The molecule has 2 heterocycles. The van der Waals surface area contributed by atoms with Crippen LogP contribution < -0.4 is 5.32 Å². The molecule has 2 rings (SSSR count). The van der Waals surface area contributed by atoms with Gasteiger partial charge in [0, 0.05) is 6.42 Å². The van der Waals surface area contributed by atoms with Crippen molar-refractivity contribution in [3.63, 3.8) is 0 Å². The van der Waals surface area contributed by atoms with Crippen molar-refractivity contribution in [3.8, 4) is 0 Å². The standard InChI is InChI=1S/C67H129NO13/c1-3-5-7-9-11-13-15-17-19-21-23-25-26-27-28-29-30-31-33-35-37-39-41-43-45-47-49-51-59(72)68-55(56(71)50-48-46-44-42-40-38-36-34-32-24-22-20-18-16-14-12-10-8-6-4-2)54-78-66-64(77)62(75)65(58(53-70)80-66)81-67-63(76)61(74)60(73)57(52-69)79-67/h48,50,55-58,60-67,69-71,73-77H,3-47,49,51-54H2,1-2H3,(H,68,72)/b50-48+. The van der Waals surface area contributed by atoms with Crippen molar-refractivity contribution in [2.75, 3.05) is 19.8 Å². The van der Waals surface area contributed by atoms with Crippen LogP contribution in [0.5, 0.6) is 0 Å². The van der Waals surface area contributed by atoms with E-state index in [0.29, 0.717) is 6.42 Å². The SMILES string of the molecule is CCCCCCCCCCCCCCCCCCCC/C=C/C(O)C(COC1OC(CO)C(OC2OC(CO)C(O)C(O)C2O)C(O)C1O)NC(=O)CCCCCCCCCCCCCCCCCCCCCCCCCCCCC. The number of aliphatic hydroxyl groups excluding tert-OH is 8. The quantitative estimate of drug-likeness (QED) is 0.0204. The van der Waals surface area contributed by atoms with Gasteiger partial charge in [0.05, 0.1) is 32.0 Å². The zero-order valence-corrected chi connectivity index (χ0v) is 52.1. The van der Waals surface area contributed by atoms with E-state index in [2.05, 4.69) is 19.2 Å². The molecule has 9 N–H and O–H groups in total. The molecule has 14 heteroatoms. The number of unbranched alkanes of at least 4 members (excludes halogenated alkanes) is 44. The lowest BCUT2D eigenvalue weighted by molar-refractivity contribution is -0.359. The molecule has 2 fully saturated rings. The van der Waals surface area contributed by atoms with Crippen molar-refractivity contribution in [3.05, 3.63) is 12.2 Å². The number of allylic oxidation sites excluding steroid dienone is 1. The molecule has 0 aromatic rings. The zero-order valence-electron chi connectivity index (χ0n) is 52.1. The largest absolute Gasteiger partial charge is 0.394 e. The minimum Gasteiger partial charge on any atom is -0.394 e. The van der Waals surface area contributed by atoms with Gasteiger partial charge in [-0.1, -0.05) is 302 Å². The van der Waals surface area contributed by atoms with E-state index in [1.807, 2.05) is 6.08 Å². The number of nitrogens with one attached hydrogen (secondary N) is 1. The summed E-state index contributed by atoms with van der Waals surface area (Å²) in [7, 11) is 0. The molecule has 14 nitrogen and oxygen atoms in total. The molecule has 0 bridgehead atoms. The predicted molar refractivity (Wildman–Crippen MR) is 328 cm³/mol. The smallest absolute Gasteiger partial charge is 0.220 e. The van der Waals surface area contributed by atoms with Gasteiger partial charge >= 0.3 is 0 Å². The fraction of sp³-hybridized carbons (Fsp3) is 0.955. The van der Waals surface area contributed by atoms with E-state index in [1.165, 1.54) is 250 Å². The average Bonchev–Trinajstić information content (AvgIpc) is 3.47. The molecular weight excluding hydrogens is 1030 g/mol. The normalized spacial score (nSPS) is 24.1. The number of carbonyl (C=O) groups excluding carboxylic acids is 1. The summed E-state index contributed by atoms with van der Waals surface area (Å²) in [5.41, 5.74) is 0. The van der Waals surface area contributed by atoms with E-state index in [9.17, 15) is 45.6 Å². The van der Waals surface area contributed by atoms with Gasteiger partial charge in [0.15, 0.2) is 12.6 Å². The van der Waals surface area contributed by atoms with Crippen LogP contribution in [0.25, 0.3) is 0 Å². The molecule has 0 radical (unpaired) electrons. The van der Waals surface area contributed by atoms with Gasteiger partial charge in [-0.25, -0.2) is 0 Å². The van der Waals surface area contributed by atoms with Gasteiger partial charge in [-0.05, 0) is 19.3 Å². The molecule has 1 amide bonds. The van der Waals surface area contributed by atoms with Gasteiger partial charge in [-0.3, -0.25) is 4.79 Å². The first-order valence-corrected chi connectivity index (χ1v) is 34.4. The summed E-state index contributed by atoms with van der Waals surface area (Å²) < 4.78 is 22.9. The third-order valence-electron chi connectivity index (χ3n) is 17.2. The molecule has 0 saturated carbocycles. The summed E-state index contributed by atoms with van der Waals surface area (Å²) in [5.74, 6) is -0.231. The molecule has 2 saturated heterocycles. The summed E-state index contributed by atoms with van der Waals surface area (Å²) >= 11 is 0. The molecule has 81 heavy (non-hydrogen) atoms. The predicted octanol–water partition coefficient (Wildman–Crippen LogP) is 13.4. The maximum Gasteiger partial charge on any atom is 0.220 e. The van der Waals surface area contributed by atoms with Gasteiger partial charge in [-0.2, -0.15) is 0 Å². The van der Waals surface area contributed by atoms with Gasteiger partial charge in [0.25, 0.3) is 0 Å². The van der Waals surface area contributed by atoms with Crippen molar-refractivity contribution >= 4 is 5.91 Å². The first kappa shape index (κ1) is 75.8. The van der Waals surface area contributed by atoms with Gasteiger partial charge in [0.1, 0.15) is 48.8 Å². The Balaban J connectivity index is 1.68. The lowest BCUT2D eigenvalue weighted by atomic mass is 9.97. The van der Waals surface area contributed by atoms with Crippen LogP contribution in [0.1, 0.15) is 316 Å². The maximum absolute atomic E-state index is 13.3. The second-order valence-corrected chi connectivity index (χ2v) is 24.7. The highest BCUT2D eigenvalue weighted by atomic mass is 16.7. The second-order valence-electron chi connectivity index (χ2n) is 24.7. The minimum absolute atomic E-state index is 0.231. The van der Waals surface area contributed by atoms with Gasteiger partial charge in [0.2, 0.25) is 5.91 Å². The number of rotatable bonds is 57. The van der Waals surface area contributed by atoms with Crippen LogP contribution in [0.15, 0.2) is 12.2 Å². The third-order valence-corrected chi connectivity index (χ3v) is 17.2. The van der Waals surface area contributed by atoms with Gasteiger partial charge < -0.3 is 65.1 Å². The fourth-order valence-corrected chi connectivity index (χ4v) is 11.7. The number of carbonyl (C=O) groups is 1. The van der Waals surface area contributed by atoms with Crippen LogP contribution in [0, 0.1) is 0 Å². The lowest BCUT2D eigenvalue weighted by Gasteiger charge is -2.46. The highest BCUT2D eigenvalue weighted by Crippen LogP contribution is 2.30. The number of hydrogen-bond acceptors (Lipinski definition) is 13. The number of aliphatic hydroxyl groups is 8. The number of amides is 1. The average molecular weight is 1160 g/mol. The summed E-state index contributed by atoms with van der Waals surface area (Å²) in [6, 6.07) is -0.911. The first-order chi connectivity index (χ1) is 39.6. The number of ether oxygens (including phenoxy) is 4. The third kappa shape index (κ3) is 37.8. The van der Waals surface area contributed by atoms with Crippen molar-refractivity contribution in [1.29, 1.82) is 0 Å². The van der Waals surface area contributed by atoms with Crippen LogP contribution >= 0.6 is 0 Å². The van der Waals surface area contributed by atoms with E-state index in [1.54, 1.807) is 6.08 Å². The van der Waals surface area contributed by atoms with E-state index in [-0.39, 0.29) is 18.9 Å². The molecule has 12 atom stereocenters. The van der Waals surface area contributed by atoms with E-state index < -0.39 is 86.8 Å². The summed E-state index contributed by atoms with van der Waals surface area (Å²) in [4.78, 5) is 13.3. The highest BCUT2D eigenvalue weighted by Gasteiger charge is 2.51. The topological polar surface area (TPSA) is 228 Å². The van der Waals surface area contributed by atoms with Crippen LogP contribution in [0.3, 0.4) is 0 Å². The van der Waals surface area contributed by atoms with E-state index in [4.69, 9.17) is 18.9 Å². The van der Waals surface area contributed by atoms with Crippen molar-refractivity contribution in [2.45, 2.75) is 389 Å². The van der Waals surface area contributed by atoms with Crippen LogP contribution in [-0.2, 0) is 23.7 Å².